The first-order valence-corrected chi connectivity index (χ1v) is 17.0. The van der Waals surface area contributed by atoms with Gasteiger partial charge in [0.15, 0.2) is 17.5 Å². The number of hydrogen-bond acceptors (Lipinski definition) is 5. The number of aromatic nitrogens is 3. The van der Waals surface area contributed by atoms with Crippen LogP contribution in [0.25, 0.3) is 45.2 Å². The van der Waals surface area contributed by atoms with E-state index in [0.717, 1.165) is 44.9 Å². The van der Waals surface area contributed by atoms with Gasteiger partial charge in [-0.3, -0.25) is 4.99 Å². The third kappa shape index (κ3) is 4.77. The van der Waals surface area contributed by atoms with E-state index in [0.29, 0.717) is 23.2 Å². The highest BCUT2D eigenvalue weighted by Gasteiger charge is 2.51. The predicted molar refractivity (Wildman–Crippen MR) is 206 cm³/mol. The second-order valence-corrected chi connectivity index (χ2v) is 12.6. The van der Waals surface area contributed by atoms with Crippen LogP contribution in [-0.2, 0) is 5.41 Å². The van der Waals surface area contributed by atoms with Gasteiger partial charge in [-0.1, -0.05) is 140 Å². The van der Waals surface area contributed by atoms with Crippen molar-refractivity contribution in [2.75, 3.05) is 0 Å². The van der Waals surface area contributed by atoms with E-state index in [1.54, 1.807) is 0 Å². The maximum absolute atomic E-state index is 6.68. The summed E-state index contributed by atoms with van der Waals surface area (Å²) in [4.78, 5) is 19.7. The Balaban J connectivity index is 1.31. The van der Waals surface area contributed by atoms with Crippen molar-refractivity contribution >= 4 is 18.0 Å². The number of hydrogen-bond donors (Lipinski definition) is 0. The minimum absolute atomic E-state index is 0.508. The molecule has 0 bridgehead atoms. The minimum Gasteiger partial charge on any atom is -0.457 e. The zero-order valence-corrected chi connectivity index (χ0v) is 28.0. The summed E-state index contributed by atoms with van der Waals surface area (Å²) in [5.74, 6) is 3.33. The van der Waals surface area contributed by atoms with Crippen molar-refractivity contribution < 1.29 is 4.74 Å². The Bertz CT molecular complexity index is 2430. The molecular weight excluding hydrogens is 625 g/mol. The molecule has 1 spiro atoms. The summed E-state index contributed by atoms with van der Waals surface area (Å²) < 4.78 is 6.68. The topological polar surface area (TPSA) is 60.3 Å². The number of nitrogens with zero attached hydrogens (tertiary/aromatic N) is 4. The average molecular weight is 657 g/mol. The largest absolute Gasteiger partial charge is 0.457 e. The van der Waals surface area contributed by atoms with Gasteiger partial charge in [-0.05, 0) is 60.2 Å². The molecule has 5 heteroatoms. The van der Waals surface area contributed by atoms with Crippen LogP contribution >= 0.6 is 0 Å². The molecule has 0 saturated heterocycles. The Kier molecular flexibility index (Phi) is 7.32. The van der Waals surface area contributed by atoms with E-state index in [2.05, 4.69) is 91.6 Å². The molecule has 6 aromatic carbocycles. The molecule has 0 N–H and O–H groups in total. The third-order valence-corrected chi connectivity index (χ3v) is 9.81. The first-order valence-electron chi connectivity index (χ1n) is 17.0. The van der Waals surface area contributed by atoms with Crippen LogP contribution < -0.4 is 4.74 Å². The molecule has 7 aromatic rings. The highest BCUT2D eigenvalue weighted by molar-refractivity contribution is 5.96. The molecule has 0 atom stereocenters. The average Bonchev–Trinajstić information content (AvgIpc) is 3.49. The predicted octanol–water partition coefficient (Wildman–Crippen LogP) is 10.8. The Hall–Kier alpha value is -6.72. The van der Waals surface area contributed by atoms with Crippen LogP contribution in [0.1, 0.15) is 40.6 Å². The maximum Gasteiger partial charge on any atom is 0.166 e. The number of aliphatic imine (C=N–C) groups is 1. The van der Waals surface area contributed by atoms with E-state index in [9.17, 15) is 0 Å². The maximum atomic E-state index is 6.68. The second kappa shape index (κ2) is 12.3. The molecule has 0 unspecified atom stereocenters. The fourth-order valence-corrected chi connectivity index (χ4v) is 7.69. The molecule has 1 aromatic heterocycles. The van der Waals surface area contributed by atoms with Gasteiger partial charge in [-0.25, -0.2) is 15.0 Å². The summed E-state index contributed by atoms with van der Waals surface area (Å²) in [5, 5.41) is 0. The van der Waals surface area contributed by atoms with Crippen molar-refractivity contribution in [1.29, 1.82) is 0 Å². The lowest BCUT2D eigenvalue weighted by atomic mass is 9.66. The molecule has 1 aliphatic carbocycles. The van der Waals surface area contributed by atoms with Crippen molar-refractivity contribution in [2.45, 2.75) is 12.3 Å². The molecule has 242 valence electrons. The smallest absolute Gasteiger partial charge is 0.166 e. The molecule has 2 heterocycles. The van der Waals surface area contributed by atoms with Gasteiger partial charge in [0.05, 0.1) is 11.1 Å². The standard InChI is InChI=1S/C46H32N4O/c1-3-16-35(45-49-43(30-17-6-4-7-18-30)48-44(50-45)31-19-8-5-9-20-31)42(47-2)32-27-28-41-39(29-32)46(38-25-14-15-26-40(38)51-41)36-23-12-10-21-33(36)34-22-11-13-24-37(34)46/h3-29H,2H2,1H3/b16-3-,42-35+. The highest BCUT2D eigenvalue weighted by atomic mass is 16.5. The van der Waals surface area contributed by atoms with Gasteiger partial charge in [0, 0.05) is 33.4 Å². The molecule has 51 heavy (non-hydrogen) atoms. The van der Waals surface area contributed by atoms with E-state index >= 15 is 0 Å². The van der Waals surface area contributed by atoms with Gasteiger partial charge in [0.25, 0.3) is 0 Å². The van der Waals surface area contributed by atoms with Gasteiger partial charge in [0.1, 0.15) is 11.5 Å². The van der Waals surface area contributed by atoms with Crippen LogP contribution in [0, 0.1) is 0 Å². The van der Waals surface area contributed by atoms with Crippen LogP contribution in [0.5, 0.6) is 11.5 Å². The molecule has 2 aliphatic rings. The van der Waals surface area contributed by atoms with Crippen molar-refractivity contribution in [3.8, 4) is 45.4 Å². The van der Waals surface area contributed by atoms with Crippen molar-refractivity contribution in [1.82, 2.24) is 15.0 Å². The summed E-state index contributed by atoms with van der Waals surface area (Å²) in [7, 11) is 0. The van der Waals surface area contributed by atoms with Crippen LogP contribution in [0.3, 0.4) is 0 Å². The second-order valence-electron chi connectivity index (χ2n) is 12.6. The number of para-hydroxylation sites is 1. The third-order valence-electron chi connectivity index (χ3n) is 9.81. The molecule has 0 amide bonds. The summed E-state index contributed by atoms with van der Waals surface area (Å²) in [5.41, 5.74) is 10.5. The number of benzene rings is 6. The fraction of sp³-hybridized carbons (Fsp3) is 0.0435. The quantitative estimate of drug-likeness (QED) is 0.132. The summed E-state index contributed by atoms with van der Waals surface area (Å²) in [6.45, 7) is 6.08. The number of ether oxygens (including phenoxy) is 1. The molecular formula is C46H32N4O. The summed E-state index contributed by atoms with van der Waals surface area (Å²) in [6, 6.07) is 52.1. The monoisotopic (exact) mass is 656 g/mol. The van der Waals surface area contributed by atoms with Gasteiger partial charge in [0.2, 0.25) is 0 Å². The van der Waals surface area contributed by atoms with Crippen molar-refractivity contribution in [3.63, 3.8) is 0 Å². The van der Waals surface area contributed by atoms with Crippen molar-refractivity contribution in [2.24, 2.45) is 4.99 Å². The van der Waals surface area contributed by atoms with Crippen LogP contribution in [0.4, 0.5) is 0 Å². The van der Waals surface area contributed by atoms with Crippen LogP contribution in [0.15, 0.2) is 169 Å². The van der Waals surface area contributed by atoms with E-state index in [4.69, 9.17) is 24.7 Å². The van der Waals surface area contributed by atoms with Crippen LogP contribution in [0.2, 0.25) is 0 Å². The van der Waals surface area contributed by atoms with E-state index in [1.165, 1.54) is 22.3 Å². The molecule has 9 rings (SSSR count). The van der Waals surface area contributed by atoms with Gasteiger partial charge >= 0.3 is 0 Å². The Morgan fingerprint density at radius 3 is 1.71 bits per heavy atom. The van der Waals surface area contributed by atoms with Crippen LogP contribution in [-0.4, -0.2) is 21.7 Å². The zero-order chi connectivity index (χ0) is 34.4. The lowest BCUT2D eigenvalue weighted by Gasteiger charge is -2.39. The minimum atomic E-state index is -0.603. The number of allylic oxidation sites excluding steroid dienone is 3. The van der Waals surface area contributed by atoms with E-state index in [1.807, 2.05) is 85.8 Å². The highest BCUT2D eigenvalue weighted by Crippen LogP contribution is 2.62. The zero-order valence-electron chi connectivity index (χ0n) is 28.0. The Morgan fingerprint density at radius 2 is 1.12 bits per heavy atom. The van der Waals surface area contributed by atoms with Gasteiger partial charge in [-0.2, -0.15) is 0 Å². The van der Waals surface area contributed by atoms with E-state index in [-0.39, 0.29) is 0 Å². The first kappa shape index (κ1) is 30.3. The number of fused-ring (bicyclic) bond motifs is 9. The molecule has 0 fully saturated rings. The molecule has 0 radical (unpaired) electrons. The van der Waals surface area contributed by atoms with Gasteiger partial charge < -0.3 is 4.74 Å². The summed E-state index contributed by atoms with van der Waals surface area (Å²) in [6.07, 6.45) is 3.99. The lowest BCUT2D eigenvalue weighted by molar-refractivity contribution is 0.436. The van der Waals surface area contributed by atoms with E-state index < -0.39 is 5.41 Å². The molecule has 1 aliphatic heterocycles. The normalized spacial score (nSPS) is 13.8. The Labute approximate surface area is 297 Å². The summed E-state index contributed by atoms with van der Waals surface area (Å²) >= 11 is 0. The lowest BCUT2D eigenvalue weighted by Crippen LogP contribution is -2.32. The fourth-order valence-electron chi connectivity index (χ4n) is 7.69. The van der Waals surface area contributed by atoms with Crippen molar-refractivity contribution in [3.05, 3.63) is 197 Å². The SMILES string of the molecule is C=N/C(=C(\C=C/C)c1nc(-c2ccccc2)nc(-c2ccccc2)n1)c1ccc2c(c1)C1(c3ccccc3O2)c2ccccc2-c2ccccc21. The molecule has 5 nitrogen and oxygen atoms in total. The first-order chi connectivity index (χ1) is 25.2. The number of rotatable bonds is 6. The Morgan fingerprint density at radius 1 is 0.588 bits per heavy atom. The van der Waals surface area contributed by atoms with Gasteiger partial charge in [-0.15, -0.1) is 0 Å². The molecule has 0 saturated carbocycles.